The first-order valence-corrected chi connectivity index (χ1v) is 8.74. The molecule has 0 saturated heterocycles. The van der Waals surface area contributed by atoms with E-state index in [0.717, 1.165) is 31.6 Å². The third-order valence-corrected chi connectivity index (χ3v) is 5.27. The van der Waals surface area contributed by atoms with E-state index < -0.39 is 0 Å². The van der Waals surface area contributed by atoms with E-state index in [2.05, 4.69) is 5.92 Å². The first kappa shape index (κ1) is 15.6. The van der Waals surface area contributed by atoms with Crippen molar-refractivity contribution in [2.45, 2.75) is 6.54 Å². The van der Waals surface area contributed by atoms with Gasteiger partial charge in [0, 0.05) is 25.7 Å². The van der Waals surface area contributed by atoms with E-state index in [4.69, 9.17) is 11.4 Å². The second kappa shape index (κ2) is 6.51. The zero-order chi connectivity index (χ0) is 17.2. The van der Waals surface area contributed by atoms with E-state index in [0.29, 0.717) is 11.9 Å². The van der Waals surface area contributed by atoms with Crippen molar-refractivity contribution in [3.63, 3.8) is 0 Å². The van der Waals surface area contributed by atoms with Crippen LogP contribution in [0.15, 0.2) is 77.3 Å². The van der Waals surface area contributed by atoms with Gasteiger partial charge in [-0.05, 0) is 35.9 Å². The Kier molecular flexibility index (Phi) is 4.05. The van der Waals surface area contributed by atoms with Gasteiger partial charge < -0.3 is 0 Å². The van der Waals surface area contributed by atoms with Gasteiger partial charge >= 0.3 is 0 Å². The molecule has 0 aliphatic heterocycles. The molecule has 0 unspecified atom stereocenters. The molecule has 1 aromatic heterocycles. The lowest BCUT2D eigenvalue weighted by Crippen LogP contribution is -2.01. The van der Waals surface area contributed by atoms with Gasteiger partial charge in [0.2, 0.25) is 0 Å². The number of rotatable bonds is 2. The van der Waals surface area contributed by atoms with E-state index in [1.807, 2.05) is 48.6 Å². The van der Waals surface area contributed by atoms with Gasteiger partial charge in [0.1, 0.15) is 5.82 Å². The molecule has 3 heteroatoms. The Morgan fingerprint density at radius 3 is 2.64 bits per heavy atom. The lowest BCUT2D eigenvalue weighted by atomic mass is 10.0. The molecule has 0 fully saturated rings. The van der Waals surface area contributed by atoms with Crippen LogP contribution in [-0.2, 0) is 6.54 Å². The summed E-state index contributed by atoms with van der Waals surface area (Å²) >= 11 is 1.61. The highest BCUT2D eigenvalue weighted by Gasteiger charge is 2.13. The molecule has 1 heterocycles. The van der Waals surface area contributed by atoms with Crippen molar-refractivity contribution in [1.82, 2.24) is 0 Å². The molecule has 0 radical (unpaired) electrons. The van der Waals surface area contributed by atoms with Gasteiger partial charge in [-0.15, -0.1) is 17.8 Å². The Morgan fingerprint density at radius 1 is 1.04 bits per heavy atom. The van der Waals surface area contributed by atoms with Crippen molar-refractivity contribution in [2.24, 2.45) is 4.99 Å². The van der Waals surface area contributed by atoms with Gasteiger partial charge in [0.15, 0.2) is 0 Å². The summed E-state index contributed by atoms with van der Waals surface area (Å²) in [6.07, 6.45) is 14.9. The summed E-state index contributed by atoms with van der Waals surface area (Å²) in [6.45, 7) is 0.479. The fourth-order valence-corrected chi connectivity index (χ4v) is 4.21. The van der Waals surface area contributed by atoms with Crippen LogP contribution >= 0.6 is 11.3 Å². The monoisotopic (exact) mass is 343 g/mol. The van der Waals surface area contributed by atoms with Crippen molar-refractivity contribution < 1.29 is 4.39 Å². The topological polar surface area (TPSA) is 12.4 Å². The molecule has 1 nitrogen and oxygen atoms in total. The average Bonchev–Trinajstić information content (AvgIpc) is 3.01. The van der Waals surface area contributed by atoms with Crippen LogP contribution in [0, 0.1) is 18.2 Å². The molecule has 2 aromatic carbocycles. The van der Waals surface area contributed by atoms with Gasteiger partial charge in [-0.3, -0.25) is 4.99 Å². The SMILES string of the molecule is C#C/C=C1/C=CC=C/C1=N/Cc1cccc2sc3cccc(F)c3c12. The zero-order valence-corrected chi connectivity index (χ0v) is 14.2. The highest BCUT2D eigenvalue weighted by Crippen LogP contribution is 2.37. The molecular weight excluding hydrogens is 329 g/mol. The molecule has 1 aliphatic carbocycles. The second-order valence-electron chi connectivity index (χ2n) is 5.69. The lowest BCUT2D eigenvalue weighted by molar-refractivity contribution is 0.641. The molecule has 0 amide bonds. The Bertz CT molecular complexity index is 1140. The van der Waals surface area contributed by atoms with Crippen molar-refractivity contribution in [3.05, 3.63) is 83.7 Å². The number of nitrogens with zero attached hydrogens (tertiary/aromatic N) is 1. The van der Waals surface area contributed by atoms with Crippen LogP contribution in [0.25, 0.3) is 20.2 Å². The van der Waals surface area contributed by atoms with Crippen LogP contribution in [0.3, 0.4) is 0 Å². The predicted octanol–water partition coefficient (Wildman–Crippen LogP) is 5.82. The molecule has 3 aromatic rings. The molecule has 0 spiro atoms. The highest BCUT2D eigenvalue weighted by molar-refractivity contribution is 7.25. The number of hydrogen-bond donors (Lipinski definition) is 0. The van der Waals surface area contributed by atoms with Crippen molar-refractivity contribution in [2.75, 3.05) is 0 Å². The number of thiophene rings is 1. The van der Waals surface area contributed by atoms with E-state index in [9.17, 15) is 4.39 Å². The molecule has 0 atom stereocenters. The normalized spacial score (nSPS) is 17.0. The molecule has 120 valence electrons. The summed E-state index contributed by atoms with van der Waals surface area (Å²) in [5, 5.41) is 1.65. The van der Waals surface area contributed by atoms with Crippen molar-refractivity contribution in [1.29, 1.82) is 0 Å². The predicted molar refractivity (Wildman–Crippen MR) is 106 cm³/mol. The molecule has 0 N–H and O–H groups in total. The van der Waals surface area contributed by atoms with Crippen LogP contribution in [0.2, 0.25) is 0 Å². The quantitative estimate of drug-likeness (QED) is 0.520. The second-order valence-corrected chi connectivity index (χ2v) is 6.78. The highest BCUT2D eigenvalue weighted by atomic mass is 32.1. The molecule has 4 rings (SSSR count). The molecule has 0 bridgehead atoms. The van der Waals surface area contributed by atoms with Crippen LogP contribution < -0.4 is 0 Å². The number of fused-ring (bicyclic) bond motifs is 3. The molecular formula is C22H14FNS. The van der Waals surface area contributed by atoms with Gasteiger partial charge in [0.05, 0.1) is 12.3 Å². The largest absolute Gasteiger partial charge is 0.280 e. The smallest absolute Gasteiger partial charge is 0.132 e. The number of aliphatic imine (C=N–C) groups is 1. The molecule has 25 heavy (non-hydrogen) atoms. The minimum absolute atomic E-state index is 0.183. The van der Waals surface area contributed by atoms with Crippen LogP contribution in [0.5, 0.6) is 0 Å². The summed E-state index contributed by atoms with van der Waals surface area (Å²) in [6, 6.07) is 11.3. The minimum Gasteiger partial charge on any atom is -0.280 e. The van der Waals surface area contributed by atoms with Crippen LogP contribution in [-0.4, -0.2) is 5.71 Å². The summed E-state index contributed by atoms with van der Waals surface area (Å²) in [5.74, 6) is 2.36. The average molecular weight is 343 g/mol. The fourth-order valence-electron chi connectivity index (χ4n) is 3.04. The van der Waals surface area contributed by atoms with E-state index >= 15 is 0 Å². The maximum absolute atomic E-state index is 14.4. The lowest BCUT2D eigenvalue weighted by Gasteiger charge is -2.07. The first-order valence-electron chi connectivity index (χ1n) is 7.92. The molecule has 0 saturated carbocycles. The number of allylic oxidation sites excluding steroid dienone is 6. The summed E-state index contributed by atoms with van der Waals surface area (Å²) < 4.78 is 16.4. The minimum atomic E-state index is -0.183. The number of benzene rings is 2. The van der Waals surface area contributed by atoms with E-state index in [1.54, 1.807) is 23.5 Å². The zero-order valence-electron chi connectivity index (χ0n) is 13.4. The summed E-state index contributed by atoms with van der Waals surface area (Å²) in [5.41, 5.74) is 2.78. The number of terminal acetylenes is 1. The Morgan fingerprint density at radius 2 is 1.80 bits per heavy atom. The standard InChI is InChI=1S/C22H14FNS/c1-2-7-15-8-3-4-11-18(15)24-14-16-9-5-12-19-21(16)22-17(23)10-6-13-20(22)25-19/h1,3-13H,14H2/b15-7-,24-18-. The van der Waals surface area contributed by atoms with E-state index in [-0.39, 0.29) is 5.82 Å². The van der Waals surface area contributed by atoms with Crippen LogP contribution in [0.4, 0.5) is 4.39 Å². The maximum atomic E-state index is 14.4. The van der Waals surface area contributed by atoms with Gasteiger partial charge in [-0.1, -0.05) is 42.3 Å². The van der Waals surface area contributed by atoms with Gasteiger partial charge in [0.25, 0.3) is 0 Å². The Balaban J connectivity index is 1.83. The number of hydrogen-bond acceptors (Lipinski definition) is 2. The van der Waals surface area contributed by atoms with Gasteiger partial charge in [-0.25, -0.2) is 4.39 Å². The van der Waals surface area contributed by atoms with E-state index in [1.165, 1.54) is 6.07 Å². The Hall–Kier alpha value is -2.96. The van der Waals surface area contributed by atoms with Gasteiger partial charge in [-0.2, -0.15) is 0 Å². The molecule has 1 aliphatic rings. The van der Waals surface area contributed by atoms with Crippen molar-refractivity contribution in [3.8, 4) is 12.3 Å². The summed E-state index contributed by atoms with van der Waals surface area (Å²) in [7, 11) is 0. The number of halogens is 1. The maximum Gasteiger partial charge on any atom is 0.132 e. The Labute approximate surface area is 149 Å². The third kappa shape index (κ3) is 2.82. The third-order valence-electron chi connectivity index (χ3n) is 4.15. The first-order chi connectivity index (χ1) is 12.3. The fraction of sp³-hybridized carbons (Fsp3) is 0.0455. The summed E-state index contributed by atoms with van der Waals surface area (Å²) in [4.78, 5) is 4.72. The van der Waals surface area contributed by atoms with Crippen molar-refractivity contribution >= 4 is 37.2 Å². The van der Waals surface area contributed by atoms with Crippen LogP contribution in [0.1, 0.15) is 5.56 Å².